The van der Waals surface area contributed by atoms with Crippen LogP contribution in [0.25, 0.3) is 0 Å². The van der Waals surface area contributed by atoms with E-state index in [1.165, 1.54) is 19.3 Å². The number of piperidine rings is 1. The number of benzene rings is 1. The Kier molecular flexibility index (Phi) is 7.33. The van der Waals surface area contributed by atoms with Crippen molar-refractivity contribution in [1.29, 1.82) is 0 Å². The second-order valence-electron chi connectivity index (χ2n) is 7.35. The number of nitrogens with one attached hydrogen (secondary N) is 1. The van der Waals surface area contributed by atoms with Crippen LogP contribution in [0.1, 0.15) is 48.7 Å². The van der Waals surface area contributed by atoms with Crippen LogP contribution in [0.3, 0.4) is 0 Å². The van der Waals surface area contributed by atoms with Crippen molar-refractivity contribution in [3.8, 4) is 11.5 Å². The van der Waals surface area contributed by atoms with Gasteiger partial charge in [-0.15, -0.1) is 0 Å². The van der Waals surface area contributed by atoms with Gasteiger partial charge in [-0.05, 0) is 61.9 Å². The maximum Gasteiger partial charge on any atom is 0.269 e. The molecule has 29 heavy (non-hydrogen) atoms. The van der Waals surface area contributed by atoms with Crippen molar-refractivity contribution in [3.63, 3.8) is 0 Å². The average Bonchev–Trinajstić information content (AvgIpc) is 2.78. The Balaban J connectivity index is 1.60. The minimum atomic E-state index is -0.141. The maximum atomic E-state index is 12.6. The molecule has 2 heterocycles. The molecule has 156 valence electrons. The smallest absolute Gasteiger partial charge is 0.269 e. The number of rotatable bonds is 8. The highest BCUT2D eigenvalue weighted by atomic mass is 16.5. The van der Waals surface area contributed by atoms with E-state index >= 15 is 0 Å². The molecular weight excluding hydrogens is 366 g/mol. The first kappa shape index (κ1) is 21.0. The van der Waals surface area contributed by atoms with E-state index in [1.807, 2.05) is 30.3 Å². The Bertz CT molecular complexity index is 825. The molecule has 6 nitrogen and oxygen atoms in total. The summed E-state index contributed by atoms with van der Waals surface area (Å²) in [6.07, 6.45) is 7.26. The summed E-state index contributed by atoms with van der Waals surface area (Å²) in [6, 6.07) is 10.3. The first-order chi connectivity index (χ1) is 14.2. The molecule has 1 aliphatic heterocycles. The number of carbonyl (C=O) groups is 1. The normalized spacial score (nSPS) is 16.4. The van der Waals surface area contributed by atoms with Crippen molar-refractivity contribution in [2.45, 2.75) is 45.1 Å². The fraction of sp³-hybridized carbons (Fsp3) is 0.478. The number of carbonyl (C=O) groups excluding carboxylic acids is 1. The second-order valence-corrected chi connectivity index (χ2v) is 7.35. The lowest BCUT2D eigenvalue weighted by molar-refractivity contribution is 0.0949. The summed E-state index contributed by atoms with van der Waals surface area (Å²) >= 11 is 0. The zero-order valence-corrected chi connectivity index (χ0v) is 17.6. The van der Waals surface area contributed by atoms with E-state index < -0.39 is 0 Å². The van der Waals surface area contributed by atoms with Crippen LogP contribution in [0.5, 0.6) is 11.5 Å². The van der Waals surface area contributed by atoms with Crippen LogP contribution < -0.4 is 19.7 Å². The number of anilines is 1. The third-order valence-corrected chi connectivity index (χ3v) is 5.55. The molecule has 2 aromatic rings. The Morgan fingerprint density at radius 3 is 2.76 bits per heavy atom. The number of hydrogen-bond donors (Lipinski definition) is 1. The summed E-state index contributed by atoms with van der Waals surface area (Å²) in [6.45, 7) is 3.80. The van der Waals surface area contributed by atoms with Gasteiger partial charge in [0.25, 0.3) is 5.91 Å². The van der Waals surface area contributed by atoms with E-state index in [9.17, 15) is 4.79 Å². The summed E-state index contributed by atoms with van der Waals surface area (Å²) in [7, 11) is 3.24. The molecule has 1 aromatic heterocycles. The van der Waals surface area contributed by atoms with Crippen LogP contribution in [-0.4, -0.2) is 44.2 Å². The number of pyridine rings is 1. The third kappa shape index (κ3) is 5.19. The number of methoxy groups -OCH3 is 2. The molecule has 1 N–H and O–H groups in total. The fourth-order valence-corrected chi connectivity index (χ4v) is 3.93. The number of aromatic nitrogens is 1. The zero-order chi connectivity index (χ0) is 20.6. The Hall–Kier alpha value is -2.76. The predicted octanol–water partition coefficient (Wildman–Crippen LogP) is 3.84. The molecule has 1 fully saturated rings. The highest BCUT2D eigenvalue weighted by molar-refractivity contribution is 5.93. The molecule has 0 bridgehead atoms. The molecule has 0 saturated carbocycles. The first-order valence-electron chi connectivity index (χ1n) is 10.4. The van der Waals surface area contributed by atoms with Gasteiger partial charge >= 0.3 is 0 Å². The van der Waals surface area contributed by atoms with Crippen molar-refractivity contribution in [2.75, 3.05) is 32.2 Å². The van der Waals surface area contributed by atoms with Crippen LogP contribution in [0.4, 0.5) is 5.69 Å². The molecular formula is C23H31N3O3. The quantitative estimate of drug-likeness (QED) is 0.733. The molecule has 1 amide bonds. The van der Waals surface area contributed by atoms with Crippen LogP contribution >= 0.6 is 0 Å². The molecule has 1 saturated heterocycles. The van der Waals surface area contributed by atoms with E-state index in [0.29, 0.717) is 36.2 Å². The van der Waals surface area contributed by atoms with Gasteiger partial charge in [-0.3, -0.25) is 9.78 Å². The van der Waals surface area contributed by atoms with Crippen molar-refractivity contribution in [1.82, 2.24) is 10.3 Å². The topological polar surface area (TPSA) is 63.7 Å². The zero-order valence-electron chi connectivity index (χ0n) is 17.6. The maximum absolute atomic E-state index is 12.6. The Morgan fingerprint density at radius 1 is 1.17 bits per heavy atom. The molecule has 1 atom stereocenters. The average molecular weight is 398 g/mol. The molecule has 6 heteroatoms. The van der Waals surface area contributed by atoms with Gasteiger partial charge in [0.05, 0.1) is 14.2 Å². The number of hydrogen-bond acceptors (Lipinski definition) is 5. The largest absolute Gasteiger partial charge is 0.493 e. The molecule has 3 rings (SSSR count). The van der Waals surface area contributed by atoms with Gasteiger partial charge < -0.3 is 19.7 Å². The highest BCUT2D eigenvalue weighted by Crippen LogP contribution is 2.28. The van der Waals surface area contributed by atoms with Crippen molar-refractivity contribution >= 4 is 11.6 Å². The number of amides is 1. The second kappa shape index (κ2) is 10.1. The van der Waals surface area contributed by atoms with Gasteiger partial charge in [-0.1, -0.05) is 13.0 Å². The van der Waals surface area contributed by atoms with Crippen LogP contribution in [-0.2, 0) is 6.42 Å². The summed E-state index contributed by atoms with van der Waals surface area (Å²) < 4.78 is 10.6. The minimum Gasteiger partial charge on any atom is -0.493 e. The van der Waals surface area contributed by atoms with Gasteiger partial charge in [0.2, 0.25) is 0 Å². The first-order valence-corrected chi connectivity index (χ1v) is 10.4. The Morgan fingerprint density at radius 2 is 2.00 bits per heavy atom. The Labute approximate surface area is 173 Å². The SMILES string of the molecule is CCC1CCCCN1c1ccnc(C(=O)NCCc2ccc(OC)c(OC)c2)c1. The summed E-state index contributed by atoms with van der Waals surface area (Å²) in [5, 5.41) is 2.98. The lowest BCUT2D eigenvalue weighted by Gasteiger charge is -2.37. The van der Waals surface area contributed by atoms with Gasteiger partial charge in [0, 0.05) is 31.0 Å². The van der Waals surface area contributed by atoms with Crippen molar-refractivity contribution in [3.05, 3.63) is 47.8 Å². The van der Waals surface area contributed by atoms with E-state index in [1.54, 1.807) is 20.4 Å². The monoisotopic (exact) mass is 397 g/mol. The van der Waals surface area contributed by atoms with Crippen LogP contribution in [0.2, 0.25) is 0 Å². The van der Waals surface area contributed by atoms with E-state index in [-0.39, 0.29) is 5.91 Å². The van der Waals surface area contributed by atoms with Gasteiger partial charge in [0.15, 0.2) is 11.5 Å². The lowest BCUT2D eigenvalue weighted by Crippen LogP contribution is -2.39. The lowest BCUT2D eigenvalue weighted by atomic mass is 9.99. The fourth-order valence-electron chi connectivity index (χ4n) is 3.93. The highest BCUT2D eigenvalue weighted by Gasteiger charge is 2.22. The number of ether oxygens (including phenoxy) is 2. The molecule has 1 aromatic carbocycles. The summed E-state index contributed by atoms with van der Waals surface area (Å²) in [4.78, 5) is 19.3. The minimum absolute atomic E-state index is 0.141. The van der Waals surface area contributed by atoms with E-state index in [4.69, 9.17) is 9.47 Å². The van der Waals surface area contributed by atoms with E-state index in [2.05, 4.69) is 22.1 Å². The molecule has 0 spiro atoms. The van der Waals surface area contributed by atoms with E-state index in [0.717, 1.165) is 24.2 Å². The third-order valence-electron chi connectivity index (χ3n) is 5.55. The predicted molar refractivity (Wildman–Crippen MR) is 115 cm³/mol. The van der Waals surface area contributed by atoms with Crippen LogP contribution in [0, 0.1) is 0 Å². The number of nitrogens with zero attached hydrogens (tertiary/aromatic N) is 2. The summed E-state index contributed by atoms with van der Waals surface area (Å²) in [5.74, 6) is 1.25. The van der Waals surface area contributed by atoms with Crippen LogP contribution in [0.15, 0.2) is 36.5 Å². The molecule has 0 aliphatic carbocycles. The van der Waals surface area contributed by atoms with Crippen molar-refractivity contribution in [2.24, 2.45) is 0 Å². The standard InChI is InChI=1S/C23H31N3O3/c1-4-18-7-5-6-14-26(18)19-11-13-24-20(16-19)23(27)25-12-10-17-8-9-21(28-2)22(15-17)29-3/h8-9,11,13,15-16,18H,4-7,10,12,14H2,1-3H3,(H,25,27). The van der Waals surface area contributed by atoms with Gasteiger partial charge in [0.1, 0.15) is 5.69 Å². The molecule has 1 unspecified atom stereocenters. The van der Waals surface area contributed by atoms with Gasteiger partial charge in [-0.2, -0.15) is 0 Å². The van der Waals surface area contributed by atoms with Gasteiger partial charge in [-0.25, -0.2) is 0 Å². The molecule has 1 aliphatic rings. The summed E-state index contributed by atoms with van der Waals surface area (Å²) in [5.41, 5.74) is 2.63. The van der Waals surface area contributed by atoms with Crippen molar-refractivity contribution < 1.29 is 14.3 Å². The molecule has 0 radical (unpaired) electrons.